The normalized spacial score (nSPS) is 14.8. The zero-order valence-electron chi connectivity index (χ0n) is 5.75. The first-order valence-corrected chi connectivity index (χ1v) is 2.57. The third-order valence-corrected chi connectivity index (χ3v) is 0.794. The molecule has 0 amide bonds. The molecule has 12 heavy (non-hydrogen) atoms. The Kier molecular flexibility index (Phi) is 3.00. The van der Waals surface area contributed by atoms with Gasteiger partial charge in [-0.1, -0.05) is 0 Å². The molecule has 0 aliphatic rings. The summed E-state index contributed by atoms with van der Waals surface area (Å²) in [5.74, 6) is -2.06. The molecular formula is C5H4F6O. The number of hydrogen-bond donors (Lipinski definition) is 0. The van der Waals surface area contributed by atoms with Crippen LogP contribution in [-0.4, -0.2) is 19.5 Å². The summed E-state index contributed by atoms with van der Waals surface area (Å²) in [5.41, 5.74) is 0. The average Bonchev–Trinajstić information content (AvgIpc) is 1.78. The molecule has 1 nitrogen and oxygen atoms in total. The Hall–Kier alpha value is -0.880. The zero-order valence-corrected chi connectivity index (χ0v) is 5.75. The maximum absolute atomic E-state index is 11.6. The zero-order chi connectivity index (χ0) is 9.99. The van der Waals surface area contributed by atoms with Crippen molar-refractivity contribution in [2.24, 2.45) is 0 Å². The summed E-state index contributed by atoms with van der Waals surface area (Å²) >= 11 is 0. The maximum Gasteiger partial charge on any atom is 0.448 e. The van der Waals surface area contributed by atoms with Crippen molar-refractivity contribution in [1.82, 2.24) is 0 Å². The van der Waals surface area contributed by atoms with E-state index in [0.29, 0.717) is 7.11 Å². The molecule has 0 aromatic carbocycles. The molecule has 72 valence electrons. The molecule has 0 aromatic heterocycles. The van der Waals surface area contributed by atoms with Crippen molar-refractivity contribution in [3.63, 3.8) is 0 Å². The van der Waals surface area contributed by atoms with Crippen molar-refractivity contribution < 1.29 is 31.1 Å². The molecule has 0 saturated carbocycles. The highest BCUT2D eigenvalue weighted by Gasteiger charge is 2.39. The average molecular weight is 194 g/mol. The molecule has 0 aliphatic carbocycles. The molecule has 0 N–H and O–H groups in total. The Morgan fingerprint density at radius 2 is 1.50 bits per heavy atom. The molecule has 0 saturated heterocycles. The number of ether oxygens (including phenoxy) is 1. The lowest BCUT2D eigenvalue weighted by atomic mass is 10.4. The fourth-order valence-corrected chi connectivity index (χ4v) is 0.405. The van der Waals surface area contributed by atoms with Crippen LogP contribution in [0.1, 0.15) is 0 Å². The van der Waals surface area contributed by atoms with E-state index in [9.17, 15) is 26.3 Å². The molecule has 0 atom stereocenters. The van der Waals surface area contributed by atoms with Gasteiger partial charge in [0.25, 0.3) is 0 Å². The standard InChI is InChI=1S/C5H4F6O/c1-12-3(5(9,10)11)2-4(6,7)8/h2H,1H3/b3-2+. The first-order valence-electron chi connectivity index (χ1n) is 2.57. The third kappa shape index (κ3) is 4.09. The Morgan fingerprint density at radius 3 is 1.58 bits per heavy atom. The van der Waals surface area contributed by atoms with E-state index in [2.05, 4.69) is 4.74 Å². The van der Waals surface area contributed by atoms with Gasteiger partial charge < -0.3 is 4.74 Å². The topological polar surface area (TPSA) is 9.23 Å². The number of halogens is 6. The van der Waals surface area contributed by atoms with Crippen molar-refractivity contribution in [2.45, 2.75) is 12.4 Å². The summed E-state index contributed by atoms with van der Waals surface area (Å²) in [6.07, 6.45) is -11.1. The lowest BCUT2D eigenvalue weighted by Crippen LogP contribution is -2.17. The Bertz CT molecular complexity index is 175. The molecule has 0 unspecified atom stereocenters. The molecule has 0 rings (SSSR count). The predicted octanol–water partition coefficient (Wildman–Crippen LogP) is 2.64. The summed E-state index contributed by atoms with van der Waals surface area (Å²) in [5, 5.41) is 0. The van der Waals surface area contributed by atoms with E-state index in [1.165, 1.54) is 0 Å². The van der Waals surface area contributed by atoms with E-state index in [1.54, 1.807) is 0 Å². The molecule has 0 aliphatic heterocycles. The Labute approximate surface area is 63.6 Å². The van der Waals surface area contributed by atoms with Gasteiger partial charge in [0.05, 0.1) is 13.2 Å². The van der Waals surface area contributed by atoms with Crippen LogP contribution < -0.4 is 0 Å². The van der Waals surface area contributed by atoms with Crippen LogP contribution in [0, 0.1) is 0 Å². The summed E-state index contributed by atoms with van der Waals surface area (Å²) in [6.45, 7) is 0. The Balaban J connectivity index is 4.68. The number of alkyl halides is 6. The molecule has 0 heterocycles. The minimum absolute atomic E-state index is 0.519. The lowest BCUT2D eigenvalue weighted by molar-refractivity contribution is -0.137. The van der Waals surface area contributed by atoms with Crippen LogP contribution in [0.15, 0.2) is 11.8 Å². The van der Waals surface area contributed by atoms with Crippen molar-refractivity contribution in [3.8, 4) is 0 Å². The van der Waals surface area contributed by atoms with Gasteiger partial charge in [0.2, 0.25) is 5.76 Å². The maximum atomic E-state index is 11.6. The second-order valence-corrected chi connectivity index (χ2v) is 1.75. The summed E-state index contributed by atoms with van der Waals surface area (Å²) in [6, 6.07) is 0. The van der Waals surface area contributed by atoms with Gasteiger partial charge in [0.1, 0.15) is 0 Å². The van der Waals surface area contributed by atoms with Gasteiger partial charge in [-0.3, -0.25) is 0 Å². The monoisotopic (exact) mass is 194 g/mol. The van der Waals surface area contributed by atoms with Crippen LogP contribution in [-0.2, 0) is 4.74 Å². The van der Waals surface area contributed by atoms with Crippen LogP contribution in [0.25, 0.3) is 0 Å². The van der Waals surface area contributed by atoms with Crippen LogP contribution in [0.4, 0.5) is 26.3 Å². The SMILES string of the molecule is CO/C(=C/C(F)(F)F)C(F)(F)F. The molecule has 0 spiro atoms. The first-order chi connectivity index (χ1) is 5.17. The number of hydrogen-bond acceptors (Lipinski definition) is 1. The number of allylic oxidation sites excluding steroid dienone is 2. The molecule has 0 aromatic rings. The van der Waals surface area contributed by atoms with Crippen molar-refractivity contribution >= 4 is 0 Å². The molecular weight excluding hydrogens is 190 g/mol. The predicted molar refractivity (Wildman–Crippen MR) is 27.2 cm³/mol. The minimum Gasteiger partial charge on any atom is -0.492 e. The Morgan fingerprint density at radius 1 is 1.08 bits per heavy atom. The van der Waals surface area contributed by atoms with Gasteiger partial charge in [0.15, 0.2) is 0 Å². The second-order valence-electron chi connectivity index (χ2n) is 1.75. The fourth-order valence-electron chi connectivity index (χ4n) is 0.405. The van der Waals surface area contributed by atoms with Gasteiger partial charge >= 0.3 is 12.4 Å². The molecule has 0 fully saturated rings. The van der Waals surface area contributed by atoms with E-state index in [-0.39, 0.29) is 0 Å². The number of rotatable bonds is 1. The highest BCUT2D eigenvalue weighted by molar-refractivity contribution is 5.03. The van der Waals surface area contributed by atoms with Crippen molar-refractivity contribution in [3.05, 3.63) is 11.8 Å². The fraction of sp³-hybridized carbons (Fsp3) is 0.600. The van der Waals surface area contributed by atoms with Crippen LogP contribution >= 0.6 is 0 Å². The highest BCUT2D eigenvalue weighted by Crippen LogP contribution is 2.30. The van der Waals surface area contributed by atoms with E-state index in [4.69, 9.17) is 0 Å². The van der Waals surface area contributed by atoms with E-state index in [0.717, 1.165) is 0 Å². The third-order valence-electron chi connectivity index (χ3n) is 0.794. The largest absolute Gasteiger partial charge is 0.492 e. The lowest BCUT2D eigenvalue weighted by Gasteiger charge is -2.10. The summed E-state index contributed by atoms with van der Waals surface area (Å²) in [4.78, 5) is 0. The van der Waals surface area contributed by atoms with Gasteiger partial charge in [-0.2, -0.15) is 26.3 Å². The van der Waals surface area contributed by atoms with Gasteiger partial charge in [0, 0.05) is 0 Å². The van der Waals surface area contributed by atoms with Crippen LogP contribution in [0.3, 0.4) is 0 Å². The quantitative estimate of drug-likeness (QED) is 0.460. The smallest absolute Gasteiger partial charge is 0.448 e. The van der Waals surface area contributed by atoms with Gasteiger partial charge in [-0.05, 0) is 0 Å². The van der Waals surface area contributed by atoms with E-state index < -0.39 is 24.2 Å². The molecule has 0 radical (unpaired) electrons. The van der Waals surface area contributed by atoms with E-state index >= 15 is 0 Å². The van der Waals surface area contributed by atoms with E-state index in [1.807, 2.05) is 0 Å². The highest BCUT2D eigenvalue weighted by atomic mass is 19.4. The van der Waals surface area contributed by atoms with Crippen LogP contribution in [0.5, 0.6) is 0 Å². The second kappa shape index (κ2) is 3.24. The number of methoxy groups -OCH3 is 1. The van der Waals surface area contributed by atoms with Crippen LogP contribution in [0.2, 0.25) is 0 Å². The van der Waals surface area contributed by atoms with Crippen molar-refractivity contribution in [1.29, 1.82) is 0 Å². The molecule has 7 heteroatoms. The first kappa shape index (κ1) is 11.1. The minimum atomic E-state index is -5.11. The summed E-state index contributed by atoms with van der Waals surface area (Å²) < 4.78 is 72.3. The van der Waals surface area contributed by atoms with Gasteiger partial charge in [-0.25, -0.2) is 0 Å². The molecule has 0 bridgehead atoms. The van der Waals surface area contributed by atoms with Gasteiger partial charge in [-0.15, -0.1) is 0 Å². The van der Waals surface area contributed by atoms with Crippen molar-refractivity contribution in [2.75, 3.05) is 7.11 Å². The summed E-state index contributed by atoms with van der Waals surface area (Å²) in [7, 11) is 0.519.